The van der Waals surface area contributed by atoms with Crippen LogP contribution in [-0.4, -0.2) is 29.7 Å². The fourth-order valence-electron chi connectivity index (χ4n) is 2.59. The maximum absolute atomic E-state index is 6.11. The monoisotopic (exact) mass is 461 g/mol. The van der Waals surface area contributed by atoms with Crippen LogP contribution in [0.25, 0.3) is 0 Å². The molecule has 1 aliphatic carbocycles. The number of aliphatic imine (C=N–C) groups is 1. The summed E-state index contributed by atoms with van der Waals surface area (Å²) in [6.45, 7) is 3.06. The summed E-state index contributed by atoms with van der Waals surface area (Å²) in [7, 11) is 1.75. The van der Waals surface area contributed by atoms with Crippen LogP contribution in [0.2, 0.25) is 5.02 Å². The zero-order valence-electron chi connectivity index (χ0n) is 13.7. The molecular formula is C16H21ClIN5O. The van der Waals surface area contributed by atoms with Gasteiger partial charge in [-0.3, -0.25) is 4.99 Å². The highest BCUT2D eigenvalue weighted by Gasteiger charge is 2.44. The average molecular weight is 462 g/mol. The number of halogens is 2. The summed E-state index contributed by atoms with van der Waals surface area (Å²) in [5.41, 5.74) is 1.44. The minimum atomic E-state index is 0. The molecule has 130 valence electrons. The maximum atomic E-state index is 6.11. The van der Waals surface area contributed by atoms with Crippen molar-refractivity contribution in [3.63, 3.8) is 0 Å². The number of nitrogens with one attached hydrogen (secondary N) is 2. The number of aromatic nitrogens is 2. The van der Waals surface area contributed by atoms with Gasteiger partial charge >= 0.3 is 0 Å². The van der Waals surface area contributed by atoms with E-state index in [-0.39, 0.29) is 29.4 Å². The second-order valence-electron chi connectivity index (χ2n) is 5.80. The minimum absolute atomic E-state index is 0. The van der Waals surface area contributed by atoms with Crippen LogP contribution in [0, 0.1) is 6.92 Å². The molecule has 0 bridgehead atoms. The lowest BCUT2D eigenvalue weighted by molar-refractivity contribution is 0.386. The predicted octanol–water partition coefficient (Wildman–Crippen LogP) is 3.05. The lowest BCUT2D eigenvalue weighted by atomic mass is 9.96. The van der Waals surface area contributed by atoms with E-state index in [2.05, 4.69) is 37.9 Å². The quantitative estimate of drug-likeness (QED) is 0.407. The van der Waals surface area contributed by atoms with Crippen molar-refractivity contribution >= 4 is 41.5 Å². The Bertz CT molecular complexity index is 714. The van der Waals surface area contributed by atoms with Gasteiger partial charge in [-0.2, -0.15) is 4.98 Å². The van der Waals surface area contributed by atoms with E-state index in [9.17, 15) is 0 Å². The van der Waals surface area contributed by atoms with Gasteiger partial charge in [-0.05, 0) is 30.5 Å². The fourth-order valence-corrected chi connectivity index (χ4v) is 2.78. The molecule has 0 atom stereocenters. The Kier molecular flexibility index (Phi) is 6.45. The molecule has 0 radical (unpaired) electrons. The molecule has 2 N–H and O–H groups in total. The van der Waals surface area contributed by atoms with Gasteiger partial charge in [0.05, 0.1) is 6.54 Å². The summed E-state index contributed by atoms with van der Waals surface area (Å²) < 4.78 is 4.95. The first-order valence-electron chi connectivity index (χ1n) is 7.61. The highest BCUT2D eigenvalue weighted by molar-refractivity contribution is 14.0. The second kappa shape index (κ2) is 8.15. The zero-order chi connectivity index (χ0) is 16.3. The molecular weight excluding hydrogens is 441 g/mol. The van der Waals surface area contributed by atoms with Gasteiger partial charge in [0, 0.05) is 31.0 Å². The van der Waals surface area contributed by atoms with Crippen LogP contribution in [0.3, 0.4) is 0 Å². The smallest absolute Gasteiger partial charge is 0.223 e. The van der Waals surface area contributed by atoms with Crippen LogP contribution in [0.1, 0.15) is 30.1 Å². The third kappa shape index (κ3) is 4.60. The molecule has 2 aromatic rings. The van der Waals surface area contributed by atoms with E-state index in [4.69, 9.17) is 16.1 Å². The molecule has 8 heteroatoms. The zero-order valence-corrected chi connectivity index (χ0v) is 16.8. The molecule has 3 rings (SSSR count). The van der Waals surface area contributed by atoms with Crippen molar-refractivity contribution in [2.24, 2.45) is 4.99 Å². The molecule has 1 aliphatic rings. The van der Waals surface area contributed by atoms with Crippen molar-refractivity contribution < 1.29 is 4.52 Å². The number of rotatable bonds is 5. The maximum Gasteiger partial charge on any atom is 0.223 e. The van der Waals surface area contributed by atoms with Crippen molar-refractivity contribution in [3.05, 3.63) is 46.6 Å². The van der Waals surface area contributed by atoms with E-state index in [0.717, 1.165) is 30.4 Å². The number of nitrogens with zero attached hydrogens (tertiary/aromatic N) is 3. The van der Waals surface area contributed by atoms with Crippen molar-refractivity contribution in [1.29, 1.82) is 0 Å². The summed E-state index contributed by atoms with van der Waals surface area (Å²) in [5, 5.41) is 11.2. The number of aryl methyl sites for hydroxylation is 1. The van der Waals surface area contributed by atoms with Gasteiger partial charge < -0.3 is 15.2 Å². The largest absolute Gasteiger partial charge is 0.356 e. The predicted molar refractivity (Wildman–Crippen MR) is 105 cm³/mol. The SMILES string of the molecule is CN=C(NCc1noc(C)n1)NCC1(c2cccc(Cl)c2)CC1.I. The summed E-state index contributed by atoms with van der Waals surface area (Å²) >= 11 is 6.11. The molecule has 1 saturated carbocycles. The molecule has 1 heterocycles. The van der Waals surface area contributed by atoms with Gasteiger partial charge in [0.25, 0.3) is 0 Å². The van der Waals surface area contributed by atoms with Gasteiger partial charge in [0.1, 0.15) is 0 Å². The highest BCUT2D eigenvalue weighted by atomic mass is 127. The number of hydrogen-bond donors (Lipinski definition) is 2. The minimum Gasteiger partial charge on any atom is -0.356 e. The van der Waals surface area contributed by atoms with Crippen LogP contribution in [0.15, 0.2) is 33.8 Å². The van der Waals surface area contributed by atoms with Crippen LogP contribution in [0.4, 0.5) is 0 Å². The second-order valence-corrected chi connectivity index (χ2v) is 6.24. The van der Waals surface area contributed by atoms with Gasteiger partial charge in [-0.1, -0.05) is 28.9 Å². The first-order chi connectivity index (χ1) is 11.1. The molecule has 6 nitrogen and oxygen atoms in total. The molecule has 1 aromatic carbocycles. The Labute approximate surface area is 163 Å². The number of hydrogen-bond acceptors (Lipinski definition) is 4. The third-order valence-electron chi connectivity index (χ3n) is 4.09. The summed E-state index contributed by atoms with van der Waals surface area (Å²) in [6, 6.07) is 8.10. The molecule has 0 aliphatic heterocycles. The molecule has 0 unspecified atom stereocenters. The van der Waals surface area contributed by atoms with Crippen LogP contribution < -0.4 is 10.6 Å². The molecule has 1 aromatic heterocycles. The number of guanidine groups is 1. The Balaban J connectivity index is 0.00000208. The van der Waals surface area contributed by atoms with Gasteiger partial charge in [-0.25, -0.2) is 0 Å². The van der Waals surface area contributed by atoms with E-state index in [1.165, 1.54) is 5.56 Å². The first-order valence-corrected chi connectivity index (χ1v) is 7.99. The lowest BCUT2D eigenvalue weighted by Crippen LogP contribution is -2.41. The normalized spacial score (nSPS) is 15.5. The standard InChI is InChI=1S/C16H20ClN5O.HI/c1-11-21-14(22-23-11)9-19-15(18-2)20-10-16(6-7-16)12-4-3-5-13(17)8-12;/h3-5,8H,6-7,9-10H2,1-2H3,(H2,18,19,20);1H. The highest BCUT2D eigenvalue weighted by Crippen LogP contribution is 2.48. The Morgan fingerprint density at radius 3 is 2.75 bits per heavy atom. The van der Waals surface area contributed by atoms with E-state index >= 15 is 0 Å². The molecule has 1 fully saturated rings. The Morgan fingerprint density at radius 2 is 2.17 bits per heavy atom. The molecule has 0 amide bonds. The van der Waals surface area contributed by atoms with E-state index in [1.807, 2.05) is 12.1 Å². The van der Waals surface area contributed by atoms with E-state index < -0.39 is 0 Å². The van der Waals surface area contributed by atoms with Crippen molar-refractivity contribution in [1.82, 2.24) is 20.8 Å². The van der Waals surface area contributed by atoms with Gasteiger partial charge in [-0.15, -0.1) is 24.0 Å². The van der Waals surface area contributed by atoms with E-state index in [0.29, 0.717) is 18.3 Å². The molecule has 0 saturated heterocycles. The summed E-state index contributed by atoms with van der Waals surface area (Å²) in [4.78, 5) is 8.39. The van der Waals surface area contributed by atoms with Crippen LogP contribution in [0.5, 0.6) is 0 Å². The third-order valence-corrected chi connectivity index (χ3v) is 4.33. The van der Waals surface area contributed by atoms with Gasteiger partial charge in [0.2, 0.25) is 5.89 Å². The number of benzene rings is 1. The van der Waals surface area contributed by atoms with Gasteiger partial charge in [0.15, 0.2) is 11.8 Å². The average Bonchev–Trinajstić information content (AvgIpc) is 3.23. The van der Waals surface area contributed by atoms with Crippen molar-refractivity contribution in [2.75, 3.05) is 13.6 Å². The topological polar surface area (TPSA) is 75.3 Å². The Morgan fingerprint density at radius 1 is 1.38 bits per heavy atom. The molecule has 0 spiro atoms. The summed E-state index contributed by atoms with van der Waals surface area (Å²) in [6.07, 6.45) is 2.31. The van der Waals surface area contributed by atoms with Crippen molar-refractivity contribution in [2.45, 2.75) is 31.7 Å². The van der Waals surface area contributed by atoms with E-state index in [1.54, 1.807) is 14.0 Å². The summed E-state index contributed by atoms with van der Waals surface area (Å²) in [5.74, 6) is 1.89. The van der Waals surface area contributed by atoms with Crippen LogP contribution in [-0.2, 0) is 12.0 Å². The molecule has 24 heavy (non-hydrogen) atoms. The fraction of sp³-hybridized carbons (Fsp3) is 0.438. The Hall–Kier alpha value is -1.35. The van der Waals surface area contributed by atoms with Crippen molar-refractivity contribution in [3.8, 4) is 0 Å². The van der Waals surface area contributed by atoms with Crippen LogP contribution >= 0.6 is 35.6 Å². The first kappa shape index (κ1) is 19.0. The lowest BCUT2D eigenvalue weighted by Gasteiger charge is -2.19.